The van der Waals surface area contributed by atoms with Crippen LogP contribution in [-0.4, -0.2) is 13.3 Å². The first-order valence-electron chi connectivity index (χ1n) is 6.04. The first kappa shape index (κ1) is 16.7. The van der Waals surface area contributed by atoms with Crippen LogP contribution in [0.4, 0.5) is 24.5 Å². The Kier molecular flexibility index (Phi) is 4.28. The zero-order valence-corrected chi connectivity index (χ0v) is 12.1. The fraction of sp³-hybridized carbons (Fsp3) is 0.0769. The Hall–Kier alpha value is -2.62. The molecule has 0 aliphatic carbocycles. The third kappa shape index (κ3) is 3.97. The molecule has 0 heterocycles. The maximum Gasteiger partial charge on any atom is 0.416 e. The van der Waals surface area contributed by atoms with Crippen LogP contribution >= 0.6 is 0 Å². The molecule has 2 aromatic rings. The van der Waals surface area contributed by atoms with Gasteiger partial charge < -0.3 is 0 Å². The highest BCUT2D eigenvalue weighted by atomic mass is 32.2. The number of non-ortho nitro benzene ring substituents is 1. The van der Waals surface area contributed by atoms with Crippen LogP contribution in [0.1, 0.15) is 5.56 Å². The molecule has 0 aliphatic rings. The molecule has 0 unspecified atom stereocenters. The molecule has 0 bridgehead atoms. The van der Waals surface area contributed by atoms with Gasteiger partial charge in [0, 0.05) is 17.8 Å². The quantitative estimate of drug-likeness (QED) is 0.678. The Morgan fingerprint density at radius 2 is 1.65 bits per heavy atom. The van der Waals surface area contributed by atoms with E-state index in [0.717, 1.165) is 42.5 Å². The van der Waals surface area contributed by atoms with Gasteiger partial charge in [0.1, 0.15) is 0 Å². The maximum atomic E-state index is 12.4. The molecule has 2 rings (SSSR count). The van der Waals surface area contributed by atoms with Gasteiger partial charge in [-0.3, -0.25) is 14.8 Å². The molecule has 0 saturated carbocycles. The molecule has 0 aromatic heterocycles. The third-order valence-corrected chi connectivity index (χ3v) is 4.18. The van der Waals surface area contributed by atoms with Crippen molar-refractivity contribution >= 4 is 21.4 Å². The number of nitrogens with zero attached hydrogens (tertiary/aromatic N) is 1. The number of benzene rings is 2. The molecule has 6 nitrogen and oxygen atoms in total. The lowest BCUT2D eigenvalue weighted by molar-refractivity contribution is -0.385. The number of halogens is 3. The summed E-state index contributed by atoms with van der Waals surface area (Å²) in [7, 11) is -4.15. The van der Waals surface area contributed by atoms with Crippen molar-refractivity contribution in [3.8, 4) is 0 Å². The Morgan fingerprint density at radius 3 is 2.17 bits per heavy atom. The van der Waals surface area contributed by atoms with Crippen LogP contribution in [0, 0.1) is 10.1 Å². The summed E-state index contributed by atoms with van der Waals surface area (Å²) in [5.41, 5.74) is -1.43. The van der Waals surface area contributed by atoms with Crippen LogP contribution in [-0.2, 0) is 16.2 Å². The van der Waals surface area contributed by atoms with Crippen molar-refractivity contribution < 1.29 is 26.5 Å². The minimum atomic E-state index is -4.53. The first-order valence-corrected chi connectivity index (χ1v) is 7.52. The summed E-state index contributed by atoms with van der Waals surface area (Å²) in [4.78, 5) is 9.53. The van der Waals surface area contributed by atoms with Gasteiger partial charge >= 0.3 is 6.18 Å². The number of sulfonamides is 1. The normalized spacial score (nSPS) is 12.0. The summed E-state index contributed by atoms with van der Waals surface area (Å²) in [5, 5.41) is 10.7. The summed E-state index contributed by atoms with van der Waals surface area (Å²) in [6, 6.07) is 7.68. The van der Waals surface area contributed by atoms with Crippen LogP contribution < -0.4 is 4.72 Å². The number of hydrogen-bond acceptors (Lipinski definition) is 4. The molecule has 0 spiro atoms. The summed E-state index contributed by atoms with van der Waals surface area (Å²) in [5.74, 6) is 0. The number of rotatable bonds is 4. The minimum absolute atomic E-state index is 0.0930. The molecule has 122 valence electrons. The first-order chi connectivity index (χ1) is 10.6. The Labute approximate surface area is 128 Å². The van der Waals surface area contributed by atoms with Gasteiger partial charge in [-0.1, -0.05) is 6.07 Å². The van der Waals surface area contributed by atoms with Crippen molar-refractivity contribution in [3.05, 3.63) is 64.2 Å². The van der Waals surface area contributed by atoms with Crippen molar-refractivity contribution in [2.75, 3.05) is 4.72 Å². The molecular formula is C13H9F3N2O4S. The monoisotopic (exact) mass is 346 g/mol. The van der Waals surface area contributed by atoms with E-state index in [-0.39, 0.29) is 10.6 Å². The SMILES string of the molecule is O=[N+]([O-])c1cccc(S(=O)(=O)Nc2ccc(C(F)(F)F)cc2)c1. The van der Waals surface area contributed by atoms with Crippen molar-refractivity contribution in [1.29, 1.82) is 0 Å². The number of nitrogens with one attached hydrogen (secondary N) is 1. The van der Waals surface area contributed by atoms with E-state index in [4.69, 9.17) is 0 Å². The molecule has 0 radical (unpaired) electrons. The molecule has 2 aromatic carbocycles. The van der Waals surface area contributed by atoms with Crippen molar-refractivity contribution in [3.63, 3.8) is 0 Å². The highest BCUT2D eigenvalue weighted by Crippen LogP contribution is 2.30. The number of nitro groups is 1. The fourth-order valence-corrected chi connectivity index (χ4v) is 2.80. The Morgan fingerprint density at radius 1 is 1.04 bits per heavy atom. The average Bonchev–Trinajstić information content (AvgIpc) is 2.46. The lowest BCUT2D eigenvalue weighted by Gasteiger charge is -2.10. The molecule has 0 atom stereocenters. The van der Waals surface area contributed by atoms with Crippen LogP contribution in [0.25, 0.3) is 0 Å². The number of anilines is 1. The summed E-state index contributed by atoms with van der Waals surface area (Å²) < 4.78 is 63.6. The largest absolute Gasteiger partial charge is 0.416 e. The van der Waals surface area contributed by atoms with E-state index in [1.807, 2.05) is 0 Å². The van der Waals surface area contributed by atoms with Gasteiger partial charge in [-0.2, -0.15) is 13.2 Å². The van der Waals surface area contributed by atoms with E-state index in [1.165, 1.54) is 6.07 Å². The van der Waals surface area contributed by atoms with Gasteiger partial charge in [0.25, 0.3) is 15.7 Å². The molecule has 0 saturated heterocycles. The molecule has 0 aliphatic heterocycles. The molecule has 10 heteroatoms. The number of hydrogen-bond donors (Lipinski definition) is 1. The van der Waals surface area contributed by atoms with Crippen LogP contribution in [0.2, 0.25) is 0 Å². The average molecular weight is 346 g/mol. The van der Waals surface area contributed by atoms with Gasteiger partial charge in [0.05, 0.1) is 15.4 Å². The molecule has 0 amide bonds. The standard InChI is InChI=1S/C13H9F3N2O4S/c14-13(15,16)9-4-6-10(7-5-9)17-23(21,22)12-3-1-2-11(8-12)18(19)20/h1-8,17H. The highest BCUT2D eigenvalue weighted by Gasteiger charge is 2.30. The zero-order chi connectivity index (χ0) is 17.3. The Bertz CT molecular complexity index is 833. The minimum Gasteiger partial charge on any atom is -0.280 e. The van der Waals surface area contributed by atoms with Gasteiger partial charge in [0.2, 0.25) is 0 Å². The van der Waals surface area contributed by atoms with Gasteiger partial charge in [-0.25, -0.2) is 8.42 Å². The van der Waals surface area contributed by atoms with E-state index in [2.05, 4.69) is 4.72 Å². The van der Waals surface area contributed by atoms with Crippen LogP contribution in [0.15, 0.2) is 53.4 Å². The lowest BCUT2D eigenvalue weighted by atomic mass is 10.2. The van der Waals surface area contributed by atoms with Crippen molar-refractivity contribution in [2.24, 2.45) is 0 Å². The fourth-order valence-electron chi connectivity index (χ4n) is 1.71. The smallest absolute Gasteiger partial charge is 0.280 e. The maximum absolute atomic E-state index is 12.4. The summed E-state index contributed by atoms with van der Waals surface area (Å²) >= 11 is 0. The Balaban J connectivity index is 2.28. The van der Waals surface area contributed by atoms with E-state index in [9.17, 15) is 31.7 Å². The lowest BCUT2D eigenvalue weighted by Crippen LogP contribution is -2.13. The number of nitro benzene ring substituents is 1. The predicted molar refractivity (Wildman–Crippen MR) is 75.3 cm³/mol. The second-order valence-corrected chi connectivity index (χ2v) is 6.12. The van der Waals surface area contributed by atoms with Crippen LogP contribution in [0.3, 0.4) is 0 Å². The highest BCUT2D eigenvalue weighted by molar-refractivity contribution is 7.92. The van der Waals surface area contributed by atoms with E-state index >= 15 is 0 Å². The second kappa shape index (κ2) is 5.88. The summed E-state index contributed by atoms with van der Waals surface area (Å²) in [6.45, 7) is 0. The van der Waals surface area contributed by atoms with Crippen molar-refractivity contribution in [2.45, 2.75) is 11.1 Å². The third-order valence-electron chi connectivity index (χ3n) is 2.80. The van der Waals surface area contributed by atoms with E-state index in [1.54, 1.807) is 0 Å². The molecule has 23 heavy (non-hydrogen) atoms. The predicted octanol–water partition coefficient (Wildman–Crippen LogP) is 3.41. The zero-order valence-electron chi connectivity index (χ0n) is 11.2. The van der Waals surface area contributed by atoms with Crippen LogP contribution in [0.5, 0.6) is 0 Å². The van der Waals surface area contributed by atoms with Gasteiger partial charge in [-0.05, 0) is 30.3 Å². The van der Waals surface area contributed by atoms with Crippen molar-refractivity contribution in [1.82, 2.24) is 0 Å². The van der Waals surface area contributed by atoms with Gasteiger partial charge in [0.15, 0.2) is 0 Å². The molecular weight excluding hydrogens is 337 g/mol. The molecule has 1 N–H and O–H groups in total. The van der Waals surface area contributed by atoms with Gasteiger partial charge in [-0.15, -0.1) is 0 Å². The topological polar surface area (TPSA) is 89.3 Å². The molecule has 0 fully saturated rings. The van der Waals surface area contributed by atoms with E-state index in [0.29, 0.717) is 0 Å². The van der Waals surface area contributed by atoms with E-state index < -0.39 is 32.4 Å². The summed E-state index contributed by atoms with van der Waals surface area (Å²) in [6.07, 6.45) is -4.53. The second-order valence-electron chi connectivity index (χ2n) is 4.44. The number of alkyl halides is 3.